The Morgan fingerprint density at radius 1 is 1.09 bits per heavy atom. The maximum absolute atomic E-state index is 13.5. The number of likely N-dealkylation sites (tertiary alicyclic amines) is 1. The van der Waals surface area contributed by atoms with Crippen LogP contribution in [0.15, 0.2) is 61.8 Å². The van der Waals surface area contributed by atoms with Crippen molar-refractivity contribution in [1.29, 1.82) is 0 Å². The molecule has 0 radical (unpaired) electrons. The van der Waals surface area contributed by atoms with Gasteiger partial charge < -0.3 is 9.64 Å². The van der Waals surface area contributed by atoms with Crippen LogP contribution in [0.2, 0.25) is 0 Å². The Bertz CT molecular complexity index is 1320. The van der Waals surface area contributed by atoms with Crippen molar-refractivity contribution >= 4 is 38.8 Å². The van der Waals surface area contributed by atoms with Gasteiger partial charge >= 0.3 is 6.18 Å². The first-order chi connectivity index (χ1) is 16.4. The van der Waals surface area contributed by atoms with Crippen LogP contribution in [0.4, 0.5) is 18.9 Å². The molecular formula is C24H25F3N2O3S3. The number of nitrogens with zero attached hydrogens (tertiary/aromatic N) is 1. The van der Waals surface area contributed by atoms with E-state index in [9.17, 15) is 21.6 Å². The Kier molecular flexibility index (Phi) is 7.42. The van der Waals surface area contributed by atoms with Gasteiger partial charge in [0.25, 0.3) is 10.0 Å². The van der Waals surface area contributed by atoms with E-state index in [1.165, 1.54) is 23.4 Å². The minimum atomic E-state index is -4.62. The summed E-state index contributed by atoms with van der Waals surface area (Å²) in [6.45, 7) is 5.26. The summed E-state index contributed by atoms with van der Waals surface area (Å²) >= 11 is 2.55. The van der Waals surface area contributed by atoms with Crippen LogP contribution in [0.25, 0.3) is 0 Å². The average molecular weight is 543 g/mol. The van der Waals surface area contributed by atoms with Gasteiger partial charge in [-0.2, -0.15) is 13.2 Å². The van der Waals surface area contributed by atoms with Gasteiger partial charge in [-0.3, -0.25) is 4.72 Å². The van der Waals surface area contributed by atoms with E-state index in [1.54, 1.807) is 6.07 Å². The highest BCUT2D eigenvalue weighted by molar-refractivity contribution is 8.02. The molecular weight excluding hydrogens is 517 g/mol. The fourth-order valence-electron chi connectivity index (χ4n) is 3.69. The predicted molar refractivity (Wildman–Crippen MR) is 133 cm³/mol. The summed E-state index contributed by atoms with van der Waals surface area (Å²) in [6.07, 6.45) is -4.42. The molecule has 0 bridgehead atoms. The van der Waals surface area contributed by atoms with Gasteiger partial charge in [-0.15, -0.1) is 11.3 Å². The predicted octanol–water partition coefficient (Wildman–Crippen LogP) is 6.42. The zero-order chi connectivity index (χ0) is 25.4. The largest absolute Gasteiger partial charge is 0.488 e. The van der Waals surface area contributed by atoms with E-state index >= 15 is 0 Å². The molecule has 1 aliphatic rings. The highest BCUT2D eigenvalue weighted by Crippen LogP contribution is 2.40. The summed E-state index contributed by atoms with van der Waals surface area (Å²) in [5.74, 6) is -0.379. The number of alkyl halides is 3. The van der Waals surface area contributed by atoms with Crippen LogP contribution in [-0.4, -0.2) is 39.6 Å². The molecule has 1 atom stereocenters. The lowest BCUT2D eigenvalue weighted by Crippen LogP contribution is -2.23. The second-order valence-corrected chi connectivity index (χ2v) is 12.9. The quantitative estimate of drug-likeness (QED) is 0.374. The van der Waals surface area contributed by atoms with Crippen molar-refractivity contribution < 1.29 is 26.3 Å². The molecule has 0 saturated carbocycles. The fourth-order valence-corrected chi connectivity index (χ4v) is 7.40. The Hall–Kier alpha value is -2.21. The number of benzene rings is 2. The van der Waals surface area contributed by atoms with E-state index in [4.69, 9.17) is 4.74 Å². The molecule has 11 heteroatoms. The maximum atomic E-state index is 13.5. The molecule has 1 unspecified atom stereocenters. The van der Waals surface area contributed by atoms with Gasteiger partial charge in [0.15, 0.2) is 0 Å². The van der Waals surface area contributed by atoms with E-state index in [2.05, 4.69) is 4.72 Å². The van der Waals surface area contributed by atoms with Crippen molar-refractivity contribution in [1.82, 2.24) is 4.90 Å². The molecule has 4 rings (SSSR count). The van der Waals surface area contributed by atoms with Crippen molar-refractivity contribution in [2.75, 3.05) is 24.9 Å². The second-order valence-electron chi connectivity index (χ2n) is 8.53. The standard InChI is InChI=1S/C24H25F3N2O3S3/c1-15-4-6-19(12-16(15)2)33-22-8-9-23(34-22)35(30,31)28-17-5-7-20(24(25,26)27)21(13-17)32-18-10-11-29(3)14-18/h4-9,12-13,18,28H,10-11,14H2,1-3H3. The van der Waals surface area contributed by atoms with Crippen molar-refractivity contribution in [3.8, 4) is 5.75 Å². The molecule has 1 aliphatic heterocycles. The topological polar surface area (TPSA) is 58.6 Å². The van der Waals surface area contributed by atoms with Gasteiger partial charge in [-0.05, 0) is 74.8 Å². The molecule has 1 N–H and O–H groups in total. The normalized spacial score (nSPS) is 17.0. The first-order valence-corrected chi connectivity index (χ1v) is 14.0. The minimum Gasteiger partial charge on any atom is -0.488 e. The third-order valence-electron chi connectivity index (χ3n) is 5.70. The SMILES string of the molecule is Cc1ccc(Sc2ccc(S(=O)(=O)Nc3ccc(C(F)(F)F)c(OC4CCN(C)C4)c3)s2)cc1C. The van der Waals surface area contributed by atoms with E-state index in [0.717, 1.165) is 50.7 Å². The molecule has 188 valence electrons. The summed E-state index contributed by atoms with van der Waals surface area (Å²) in [6, 6.07) is 12.3. The molecule has 35 heavy (non-hydrogen) atoms. The van der Waals surface area contributed by atoms with Crippen molar-refractivity contribution in [3.05, 3.63) is 65.2 Å². The Morgan fingerprint density at radius 3 is 2.51 bits per heavy atom. The molecule has 1 saturated heterocycles. The van der Waals surface area contributed by atoms with E-state index in [1.807, 2.05) is 44.0 Å². The fraction of sp³-hybridized carbons (Fsp3) is 0.333. The lowest BCUT2D eigenvalue weighted by Gasteiger charge is -2.19. The second kappa shape index (κ2) is 10.0. The number of hydrogen-bond donors (Lipinski definition) is 1. The number of sulfonamides is 1. The highest BCUT2D eigenvalue weighted by atomic mass is 32.3. The van der Waals surface area contributed by atoms with E-state index in [0.29, 0.717) is 13.0 Å². The zero-order valence-corrected chi connectivity index (χ0v) is 21.8. The Balaban J connectivity index is 1.53. The number of anilines is 1. The first-order valence-electron chi connectivity index (χ1n) is 10.8. The summed E-state index contributed by atoms with van der Waals surface area (Å²) in [5.41, 5.74) is 1.40. The summed E-state index contributed by atoms with van der Waals surface area (Å²) < 4.78 is 75.4. The zero-order valence-electron chi connectivity index (χ0n) is 19.3. The third-order valence-corrected chi connectivity index (χ3v) is 9.78. The molecule has 1 aromatic heterocycles. The molecule has 3 aromatic rings. The molecule has 2 aromatic carbocycles. The van der Waals surface area contributed by atoms with Crippen LogP contribution < -0.4 is 9.46 Å². The number of hydrogen-bond acceptors (Lipinski definition) is 6. The van der Waals surface area contributed by atoms with Crippen LogP contribution in [0.3, 0.4) is 0 Å². The van der Waals surface area contributed by atoms with Crippen LogP contribution >= 0.6 is 23.1 Å². The lowest BCUT2D eigenvalue weighted by molar-refractivity contribution is -0.139. The van der Waals surface area contributed by atoms with Crippen LogP contribution in [0.1, 0.15) is 23.1 Å². The summed E-state index contributed by atoms with van der Waals surface area (Å²) in [7, 11) is -2.12. The Labute approximate surface area is 211 Å². The summed E-state index contributed by atoms with van der Waals surface area (Å²) in [4.78, 5) is 2.96. The smallest absolute Gasteiger partial charge is 0.419 e. The number of halogens is 3. The number of thiophene rings is 1. The number of nitrogens with one attached hydrogen (secondary N) is 1. The van der Waals surface area contributed by atoms with E-state index < -0.39 is 27.9 Å². The summed E-state index contributed by atoms with van der Waals surface area (Å²) in [5, 5.41) is 0. The first kappa shape index (κ1) is 25.9. The molecule has 0 amide bonds. The van der Waals surface area contributed by atoms with Crippen molar-refractivity contribution in [2.24, 2.45) is 0 Å². The van der Waals surface area contributed by atoms with Crippen LogP contribution in [0, 0.1) is 13.8 Å². The minimum absolute atomic E-state index is 0.0103. The number of rotatable bonds is 7. The van der Waals surface area contributed by atoms with Crippen LogP contribution in [-0.2, 0) is 16.2 Å². The molecule has 5 nitrogen and oxygen atoms in total. The van der Waals surface area contributed by atoms with Gasteiger partial charge in [-0.1, -0.05) is 17.8 Å². The highest BCUT2D eigenvalue weighted by Gasteiger charge is 2.36. The van der Waals surface area contributed by atoms with E-state index in [-0.39, 0.29) is 15.6 Å². The van der Waals surface area contributed by atoms with Gasteiger partial charge in [0, 0.05) is 24.1 Å². The molecule has 2 heterocycles. The molecule has 0 aliphatic carbocycles. The average Bonchev–Trinajstić information content (AvgIpc) is 3.39. The van der Waals surface area contributed by atoms with Crippen LogP contribution in [0.5, 0.6) is 5.75 Å². The number of likely N-dealkylation sites (N-methyl/N-ethyl adjacent to an activating group) is 1. The van der Waals surface area contributed by atoms with Gasteiger partial charge in [0.1, 0.15) is 16.1 Å². The number of ether oxygens (including phenoxy) is 1. The van der Waals surface area contributed by atoms with Crippen molar-refractivity contribution in [3.63, 3.8) is 0 Å². The maximum Gasteiger partial charge on any atom is 0.419 e. The van der Waals surface area contributed by atoms with Gasteiger partial charge in [0.05, 0.1) is 15.5 Å². The van der Waals surface area contributed by atoms with Crippen molar-refractivity contribution in [2.45, 2.75) is 45.9 Å². The van der Waals surface area contributed by atoms with Gasteiger partial charge in [0.2, 0.25) is 0 Å². The van der Waals surface area contributed by atoms with Gasteiger partial charge in [-0.25, -0.2) is 8.42 Å². The lowest BCUT2D eigenvalue weighted by atomic mass is 10.1. The number of aryl methyl sites for hydroxylation is 2. The molecule has 1 fully saturated rings. The Morgan fingerprint density at radius 2 is 1.86 bits per heavy atom. The molecule has 0 spiro atoms. The third kappa shape index (κ3) is 6.32. The monoisotopic (exact) mass is 542 g/mol.